The van der Waals surface area contributed by atoms with Gasteiger partial charge in [-0.3, -0.25) is 0 Å². The van der Waals surface area contributed by atoms with Gasteiger partial charge in [-0.1, -0.05) is 26.1 Å². The lowest BCUT2D eigenvalue weighted by Gasteiger charge is -2.36. The van der Waals surface area contributed by atoms with Crippen LogP contribution in [-0.4, -0.2) is 23.1 Å². The van der Waals surface area contributed by atoms with Crippen LogP contribution in [0.15, 0.2) is 12.4 Å². The number of anilines is 1. The summed E-state index contributed by atoms with van der Waals surface area (Å²) in [5.41, 5.74) is 0. The zero-order valence-electron chi connectivity index (χ0n) is 9.23. The molecular weight excluding hydrogens is 206 g/mol. The lowest BCUT2D eigenvalue weighted by Crippen LogP contribution is -2.39. The van der Waals surface area contributed by atoms with E-state index in [0.29, 0.717) is 4.64 Å². The predicted octanol–water partition coefficient (Wildman–Crippen LogP) is 2.62. The zero-order valence-corrected chi connectivity index (χ0v) is 10.0. The molecule has 82 valence electrons. The van der Waals surface area contributed by atoms with E-state index in [1.807, 2.05) is 6.07 Å². The van der Waals surface area contributed by atoms with Crippen molar-refractivity contribution >= 4 is 18.0 Å². The van der Waals surface area contributed by atoms with Crippen LogP contribution in [0.4, 0.5) is 5.82 Å². The standard InChI is InChI=1S/C11H17N3S/c1-8-3-9(2)6-14(5-8)10-4-11(15)13-7-12-10/h4,7-9H,3,5-6H2,1-2H3,(H,12,13,15)/t8-,9-/m1/s1. The molecule has 15 heavy (non-hydrogen) atoms. The molecule has 0 unspecified atom stereocenters. The lowest BCUT2D eigenvalue weighted by atomic mass is 9.92. The summed E-state index contributed by atoms with van der Waals surface area (Å²) in [5.74, 6) is 2.61. The highest BCUT2D eigenvalue weighted by Crippen LogP contribution is 2.24. The van der Waals surface area contributed by atoms with Crippen molar-refractivity contribution in [3.05, 3.63) is 17.0 Å². The Bertz CT molecular complexity index is 377. The third-order valence-electron chi connectivity index (χ3n) is 2.87. The van der Waals surface area contributed by atoms with Crippen LogP contribution >= 0.6 is 12.2 Å². The summed E-state index contributed by atoms with van der Waals surface area (Å²) in [7, 11) is 0. The number of piperidine rings is 1. The van der Waals surface area contributed by atoms with Gasteiger partial charge in [0.25, 0.3) is 0 Å². The molecule has 0 saturated carbocycles. The quantitative estimate of drug-likeness (QED) is 0.743. The van der Waals surface area contributed by atoms with Gasteiger partial charge in [0.15, 0.2) is 0 Å². The highest BCUT2D eigenvalue weighted by molar-refractivity contribution is 7.71. The molecule has 1 saturated heterocycles. The summed E-state index contributed by atoms with van der Waals surface area (Å²) in [5, 5.41) is 0. The third kappa shape index (κ3) is 2.56. The minimum atomic E-state index is 0.662. The number of rotatable bonds is 1. The Morgan fingerprint density at radius 3 is 2.67 bits per heavy atom. The average molecular weight is 223 g/mol. The van der Waals surface area contributed by atoms with Crippen LogP contribution in [-0.2, 0) is 0 Å². The van der Waals surface area contributed by atoms with Crippen LogP contribution in [0, 0.1) is 16.5 Å². The summed E-state index contributed by atoms with van der Waals surface area (Å²) in [4.78, 5) is 9.54. The molecule has 1 N–H and O–H groups in total. The van der Waals surface area contributed by atoms with Gasteiger partial charge >= 0.3 is 0 Å². The van der Waals surface area contributed by atoms with E-state index in [9.17, 15) is 0 Å². The molecule has 0 aromatic carbocycles. The first-order valence-corrected chi connectivity index (χ1v) is 5.85. The molecular formula is C11H17N3S. The first kappa shape index (κ1) is 10.6. The van der Waals surface area contributed by atoms with Crippen molar-refractivity contribution in [1.29, 1.82) is 0 Å². The fourth-order valence-electron chi connectivity index (χ4n) is 2.40. The van der Waals surface area contributed by atoms with Gasteiger partial charge in [0.1, 0.15) is 10.5 Å². The van der Waals surface area contributed by atoms with E-state index in [2.05, 4.69) is 28.7 Å². The Labute approximate surface area is 95.5 Å². The Kier molecular flexibility index (Phi) is 3.05. The molecule has 0 spiro atoms. The van der Waals surface area contributed by atoms with E-state index >= 15 is 0 Å². The van der Waals surface area contributed by atoms with Crippen molar-refractivity contribution in [3.8, 4) is 0 Å². The molecule has 1 aromatic heterocycles. The second kappa shape index (κ2) is 4.31. The summed E-state index contributed by atoms with van der Waals surface area (Å²) in [6.07, 6.45) is 3.00. The van der Waals surface area contributed by atoms with E-state index in [-0.39, 0.29) is 0 Å². The Balaban J connectivity index is 2.19. The van der Waals surface area contributed by atoms with Gasteiger partial charge < -0.3 is 9.88 Å². The van der Waals surface area contributed by atoms with Crippen molar-refractivity contribution < 1.29 is 0 Å². The number of hydrogen-bond acceptors (Lipinski definition) is 3. The molecule has 0 amide bonds. The molecule has 1 aromatic rings. The normalized spacial score (nSPS) is 26.7. The molecule has 3 nitrogen and oxygen atoms in total. The van der Waals surface area contributed by atoms with Crippen LogP contribution in [0.2, 0.25) is 0 Å². The highest BCUT2D eigenvalue weighted by Gasteiger charge is 2.22. The molecule has 2 heterocycles. The van der Waals surface area contributed by atoms with E-state index in [1.54, 1.807) is 6.33 Å². The fraction of sp³-hybridized carbons (Fsp3) is 0.636. The van der Waals surface area contributed by atoms with Crippen LogP contribution < -0.4 is 4.90 Å². The van der Waals surface area contributed by atoms with Gasteiger partial charge in [0, 0.05) is 19.2 Å². The number of aromatic amines is 1. The minimum absolute atomic E-state index is 0.662. The maximum Gasteiger partial charge on any atom is 0.131 e. The molecule has 4 heteroatoms. The van der Waals surface area contributed by atoms with Gasteiger partial charge in [-0.15, -0.1) is 0 Å². The number of hydrogen-bond donors (Lipinski definition) is 1. The van der Waals surface area contributed by atoms with E-state index in [4.69, 9.17) is 12.2 Å². The summed E-state index contributed by atoms with van der Waals surface area (Å²) >= 11 is 5.07. The van der Waals surface area contributed by atoms with Gasteiger partial charge in [0.2, 0.25) is 0 Å². The molecule has 0 radical (unpaired) electrons. The van der Waals surface area contributed by atoms with Crippen LogP contribution in [0.5, 0.6) is 0 Å². The monoisotopic (exact) mass is 223 g/mol. The van der Waals surface area contributed by atoms with Crippen molar-refractivity contribution in [3.63, 3.8) is 0 Å². The highest BCUT2D eigenvalue weighted by atomic mass is 32.1. The van der Waals surface area contributed by atoms with E-state index in [0.717, 1.165) is 30.7 Å². The molecule has 2 atom stereocenters. The molecule has 0 aliphatic carbocycles. The van der Waals surface area contributed by atoms with Crippen molar-refractivity contribution in [2.75, 3.05) is 18.0 Å². The van der Waals surface area contributed by atoms with E-state index in [1.165, 1.54) is 6.42 Å². The number of aromatic nitrogens is 2. The summed E-state index contributed by atoms with van der Waals surface area (Å²) in [6, 6.07) is 1.94. The maximum absolute atomic E-state index is 5.07. The van der Waals surface area contributed by atoms with Gasteiger partial charge in [-0.05, 0) is 18.3 Å². The van der Waals surface area contributed by atoms with Crippen LogP contribution in [0.25, 0.3) is 0 Å². The molecule has 0 bridgehead atoms. The van der Waals surface area contributed by atoms with Crippen LogP contribution in [0.1, 0.15) is 20.3 Å². The van der Waals surface area contributed by atoms with Crippen molar-refractivity contribution in [2.24, 2.45) is 11.8 Å². The van der Waals surface area contributed by atoms with Crippen LogP contribution in [0.3, 0.4) is 0 Å². The van der Waals surface area contributed by atoms with E-state index < -0.39 is 0 Å². The maximum atomic E-state index is 5.07. The molecule has 1 fully saturated rings. The largest absolute Gasteiger partial charge is 0.358 e. The summed E-state index contributed by atoms with van der Waals surface area (Å²) < 4.78 is 0.662. The third-order valence-corrected chi connectivity index (χ3v) is 3.10. The first-order valence-electron chi connectivity index (χ1n) is 5.45. The van der Waals surface area contributed by atoms with Gasteiger partial charge in [-0.25, -0.2) is 4.98 Å². The molecule has 2 rings (SSSR count). The predicted molar refractivity (Wildman–Crippen MR) is 64.6 cm³/mol. The second-order valence-corrected chi connectivity index (χ2v) is 5.04. The smallest absolute Gasteiger partial charge is 0.131 e. The van der Waals surface area contributed by atoms with Crippen molar-refractivity contribution in [2.45, 2.75) is 20.3 Å². The number of nitrogens with zero attached hydrogens (tertiary/aromatic N) is 2. The number of H-pyrrole nitrogens is 1. The Morgan fingerprint density at radius 2 is 2.07 bits per heavy atom. The first-order chi connectivity index (χ1) is 7.15. The summed E-state index contributed by atoms with van der Waals surface area (Å²) in [6.45, 7) is 6.83. The van der Waals surface area contributed by atoms with Gasteiger partial charge in [-0.2, -0.15) is 0 Å². The Hall–Kier alpha value is -0.900. The minimum Gasteiger partial charge on any atom is -0.358 e. The van der Waals surface area contributed by atoms with Gasteiger partial charge in [0.05, 0.1) is 6.33 Å². The zero-order chi connectivity index (χ0) is 10.8. The second-order valence-electron chi connectivity index (χ2n) is 4.62. The molecule has 1 aliphatic rings. The lowest BCUT2D eigenvalue weighted by molar-refractivity contribution is 0.355. The average Bonchev–Trinajstić information content (AvgIpc) is 2.16. The van der Waals surface area contributed by atoms with Crippen molar-refractivity contribution in [1.82, 2.24) is 9.97 Å². The fourth-order valence-corrected chi connectivity index (χ4v) is 2.56. The topological polar surface area (TPSA) is 31.9 Å². The SMILES string of the molecule is C[C@@H]1C[C@@H](C)CN(c2cc(=S)nc[nH]2)C1. The molecule has 1 aliphatic heterocycles. The Morgan fingerprint density at radius 1 is 1.40 bits per heavy atom. The number of nitrogens with one attached hydrogen (secondary N) is 1.